The molecule has 9 nitrogen and oxygen atoms in total. The van der Waals surface area contributed by atoms with Gasteiger partial charge in [0.2, 0.25) is 11.8 Å². The van der Waals surface area contributed by atoms with E-state index in [1.807, 2.05) is 18.2 Å². The summed E-state index contributed by atoms with van der Waals surface area (Å²) in [6.07, 6.45) is 2.27. The summed E-state index contributed by atoms with van der Waals surface area (Å²) >= 11 is 0. The molecule has 9 heteroatoms. The van der Waals surface area contributed by atoms with Crippen LogP contribution in [0.4, 0.5) is 0 Å². The summed E-state index contributed by atoms with van der Waals surface area (Å²) in [6.45, 7) is 0.298. The monoisotopic (exact) mass is 426 g/mol. The quantitative estimate of drug-likeness (QED) is 0.638. The molecule has 0 aliphatic carbocycles. The van der Waals surface area contributed by atoms with Crippen LogP contribution in [0.3, 0.4) is 0 Å². The van der Waals surface area contributed by atoms with Gasteiger partial charge in [0.25, 0.3) is 5.91 Å². The van der Waals surface area contributed by atoms with Crippen molar-refractivity contribution in [1.29, 1.82) is 5.26 Å². The maximum absolute atomic E-state index is 12.9. The first-order valence-corrected chi connectivity index (χ1v) is 10.1. The highest BCUT2D eigenvalue weighted by atomic mass is 16.2. The van der Waals surface area contributed by atoms with Gasteiger partial charge in [0.15, 0.2) is 0 Å². The number of rotatable bonds is 3. The van der Waals surface area contributed by atoms with Gasteiger partial charge in [-0.05, 0) is 41.8 Å². The number of aromatic nitrogens is 3. The van der Waals surface area contributed by atoms with Crippen LogP contribution in [0, 0.1) is 11.3 Å². The predicted octanol–water partition coefficient (Wildman–Crippen LogP) is 1.78. The van der Waals surface area contributed by atoms with Crippen LogP contribution in [-0.2, 0) is 23.2 Å². The summed E-state index contributed by atoms with van der Waals surface area (Å²) in [6, 6.07) is 12.2. The Hall–Kier alpha value is -4.32. The third-order valence-corrected chi connectivity index (χ3v) is 5.88. The van der Waals surface area contributed by atoms with Crippen LogP contribution in [0.2, 0.25) is 0 Å². The topological polar surface area (TPSA) is 121 Å². The van der Waals surface area contributed by atoms with Crippen molar-refractivity contribution in [3.63, 3.8) is 0 Å². The lowest BCUT2D eigenvalue weighted by Crippen LogP contribution is -2.52. The maximum Gasteiger partial charge on any atom is 0.255 e. The molecule has 2 aliphatic rings. The molecule has 1 atom stereocenters. The highest BCUT2D eigenvalue weighted by Crippen LogP contribution is 2.35. The second-order valence-electron chi connectivity index (χ2n) is 7.82. The van der Waals surface area contributed by atoms with Crippen molar-refractivity contribution in [3.05, 3.63) is 59.4 Å². The number of benzene rings is 1. The molecule has 0 bridgehead atoms. The summed E-state index contributed by atoms with van der Waals surface area (Å²) in [5, 5.41) is 15.9. The van der Waals surface area contributed by atoms with E-state index in [9.17, 15) is 19.6 Å². The third kappa shape index (κ3) is 3.13. The second-order valence-corrected chi connectivity index (χ2v) is 7.82. The Balaban J connectivity index is 1.50. The first-order chi connectivity index (χ1) is 15.5. The van der Waals surface area contributed by atoms with Crippen molar-refractivity contribution in [1.82, 2.24) is 25.0 Å². The standard InChI is InChI=1S/C23H18N6O3/c1-28-21(18-4-2-3-15(10-24)26-18)17(11-25-28)13-5-6-16-14(9-13)12-29(23(16)32)19-7-8-20(30)27-22(19)31/h2-6,9,11,19H,7-8,12H2,1H3,(H,27,30,31). The number of amides is 3. The van der Waals surface area contributed by atoms with Crippen LogP contribution in [0.15, 0.2) is 42.6 Å². The fourth-order valence-electron chi connectivity index (χ4n) is 4.32. The summed E-state index contributed by atoms with van der Waals surface area (Å²) < 4.78 is 1.70. The summed E-state index contributed by atoms with van der Waals surface area (Å²) in [5.74, 6) is -0.952. The molecule has 1 N–H and O–H groups in total. The molecular formula is C23H18N6O3. The number of imide groups is 1. The Morgan fingerprint density at radius 3 is 2.78 bits per heavy atom. The number of pyridine rings is 1. The number of fused-ring (bicyclic) bond motifs is 1. The van der Waals surface area contributed by atoms with Crippen molar-refractivity contribution >= 4 is 17.7 Å². The molecular weight excluding hydrogens is 408 g/mol. The minimum Gasteiger partial charge on any atom is -0.322 e. The number of nitriles is 1. The molecule has 5 rings (SSSR count). The number of hydrogen-bond acceptors (Lipinski definition) is 6. The predicted molar refractivity (Wildman–Crippen MR) is 113 cm³/mol. The SMILES string of the molecule is Cn1ncc(-c2ccc3c(c2)CN(C2CCC(=O)NC2=O)C3=O)c1-c1cccc(C#N)n1. The Morgan fingerprint density at radius 2 is 2.00 bits per heavy atom. The zero-order chi connectivity index (χ0) is 22.4. The van der Waals surface area contributed by atoms with Gasteiger partial charge in [-0.15, -0.1) is 0 Å². The van der Waals surface area contributed by atoms with Gasteiger partial charge in [-0.1, -0.05) is 12.1 Å². The third-order valence-electron chi connectivity index (χ3n) is 5.88. The highest BCUT2D eigenvalue weighted by Gasteiger charge is 2.39. The molecule has 32 heavy (non-hydrogen) atoms. The van der Waals surface area contributed by atoms with Crippen molar-refractivity contribution in [2.75, 3.05) is 0 Å². The van der Waals surface area contributed by atoms with Crippen LogP contribution < -0.4 is 5.32 Å². The zero-order valence-electron chi connectivity index (χ0n) is 17.2. The van der Waals surface area contributed by atoms with E-state index < -0.39 is 11.9 Å². The maximum atomic E-state index is 12.9. The van der Waals surface area contributed by atoms with E-state index in [1.54, 1.807) is 36.1 Å². The number of hydrogen-bond donors (Lipinski definition) is 1. The molecule has 1 saturated heterocycles. The van der Waals surface area contributed by atoms with Gasteiger partial charge >= 0.3 is 0 Å². The number of nitrogens with zero attached hydrogens (tertiary/aromatic N) is 5. The summed E-state index contributed by atoms with van der Waals surface area (Å²) in [5.41, 5.74) is 4.74. The number of piperidine rings is 1. The van der Waals surface area contributed by atoms with E-state index in [0.717, 1.165) is 22.4 Å². The number of aryl methyl sites for hydroxylation is 1. The highest BCUT2D eigenvalue weighted by molar-refractivity contribution is 6.05. The molecule has 4 heterocycles. The van der Waals surface area contributed by atoms with Crippen LogP contribution >= 0.6 is 0 Å². The molecule has 1 unspecified atom stereocenters. The van der Waals surface area contributed by atoms with Gasteiger partial charge in [-0.2, -0.15) is 10.4 Å². The van der Waals surface area contributed by atoms with E-state index in [2.05, 4.69) is 21.5 Å². The van der Waals surface area contributed by atoms with Crippen molar-refractivity contribution in [3.8, 4) is 28.6 Å². The lowest BCUT2D eigenvalue weighted by atomic mass is 9.99. The van der Waals surface area contributed by atoms with E-state index in [-0.39, 0.29) is 18.2 Å². The molecule has 2 aromatic heterocycles. The number of nitrogens with one attached hydrogen (secondary N) is 1. The second kappa shape index (κ2) is 7.42. The fraction of sp³-hybridized carbons (Fsp3) is 0.217. The molecule has 0 radical (unpaired) electrons. The van der Waals surface area contributed by atoms with E-state index >= 15 is 0 Å². The number of carbonyl (C=O) groups excluding carboxylic acids is 3. The van der Waals surface area contributed by atoms with E-state index in [1.165, 1.54) is 4.90 Å². The van der Waals surface area contributed by atoms with Gasteiger partial charge in [-0.25, -0.2) is 4.98 Å². The van der Waals surface area contributed by atoms with Crippen LogP contribution in [-0.4, -0.2) is 43.4 Å². The van der Waals surface area contributed by atoms with Crippen molar-refractivity contribution in [2.24, 2.45) is 7.05 Å². The summed E-state index contributed by atoms with van der Waals surface area (Å²) in [7, 11) is 1.81. The van der Waals surface area contributed by atoms with Crippen LogP contribution in [0.1, 0.15) is 34.5 Å². The lowest BCUT2D eigenvalue weighted by molar-refractivity contribution is -0.136. The Morgan fingerprint density at radius 1 is 1.16 bits per heavy atom. The summed E-state index contributed by atoms with van der Waals surface area (Å²) in [4.78, 5) is 42.6. The average Bonchev–Trinajstić information content (AvgIpc) is 3.33. The first-order valence-electron chi connectivity index (χ1n) is 10.1. The molecule has 3 aromatic rings. The van der Waals surface area contributed by atoms with E-state index in [4.69, 9.17) is 0 Å². The molecule has 158 valence electrons. The van der Waals surface area contributed by atoms with Gasteiger partial charge in [0, 0.05) is 31.1 Å². The van der Waals surface area contributed by atoms with Crippen LogP contribution in [0.25, 0.3) is 22.5 Å². The lowest BCUT2D eigenvalue weighted by Gasteiger charge is -2.29. The molecule has 0 saturated carbocycles. The molecule has 3 amide bonds. The van der Waals surface area contributed by atoms with Gasteiger partial charge in [0.05, 0.1) is 17.6 Å². The Bertz CT molecular complexity index is 1340. The fourth-order valence-corrected chi connectivity index (χ4v) is 4.32. The van der Waals surface area contributed by atoms with Crippen molar-refractivity contribution < 1.29 is 14.4 Å². The number of carbonyl (C=O) groups is 3. The normalized spacial score (nSPS) is 17.8. The Kier molecular flexibility index (Phi) is 4.56. The van der Waals surface area contributed by atoms with E-state index in [0.29, 0.717) is 29.9 Å². The van der Waals surface area contributed by atoms with Crippen molar-refractivity contribution in [2.45, 2.75) is 25.4 Å². The largest absolute Gasteiger partial charge is 0.322 e. The van der Waals surface area contributed by atoms with Gasteiger partial charge < -0.3 is 4.90 Å². The Labute approximate surface area is 183 Å². The smallest absolute Gasteiger partial charge is 0.255 e. The minimum atomic E-state index is -0.650. The molecule has 0 spiro atoms. The average molecular weight is 426 g/mol. The molecule has 1 fully saturated rings. The zero-order valence-corrected chi connectivity index (χ0v) is 17.2. The molecule has 1 aromatic carbocycles. The minimum absolute atomic E-state index is 0.212. The first kappa shape index (κ1) is 19.6. The van der Waals surface area contributed by atoms with Gasteiger partial charge in [-0.3, -0.25) is 24.4 Å². The van der Waals surface area contributed by atoms with Gasteiger partial charge in [0.1, 0.15) is 17.8 Å². The van der Waals surface area contributed by atoms with Crippen LogP contribution in [0.5, 0.6) is 0 Å². The molecule has 2 aliphatic heterocycles.